The summed E-state index contributed by atoms with van der Waals surface area (Å²) in [6.07, 6.45) is 4.53. The van der Waals surface area contributed by atoms with E-state index in [4.69, 9.17) is 9.47 Å². The third-order valence-electron chi connectivity index (χ3n) is 4.03. The maximum absolute atomic E-state index is 11.0. The molecule has 0 fully saturated rings. The number of hydrogen-bond donors (Lipinski definition) is 2. The van der Waals surface area contributed by atoms with Crippen LogP contribution in [0.15, 0.2) is 23.2 Å². The third-order valence-corrected chi connectivity index (χ3v) is 4.03. The van der Waals surface area contributed by atoms with Gasteiger partial charge >= 0.3 is 5.97 Å². The lowest BCUT2D eigenvalue weighted by molar-refractivity contribution is -0.140. The van der Waals surface area contributed by atoms with Crippen molar-refractivity contribution in [2.45, 2.75) is 45.6 Å². The predicted octanol–water partition coefficient (Wildman–Crippen LogP) is 3.21. The summed E-state index contributed by atoms with van der Waals surface area (Å²) >= 11 is 0. The predicted molar refractivity (Wildman–Crippen MR) is 116 cm³/mol. The lowest BCUT2D eigenvalue weighted by Crippen LogP contribution is -2.37. The summed E-state index contributed by atoms with van der Waals surface area (Å²) in [6, 6.07) is 5.89. The van der Waals surface area contributed by atoms with Gasteiger partial charge in [0.05, 0.1) is 13.7 Å². The van der Waals surface area contributed by atoms with Gasteiger partial charge in [-0.05, 0) is 37.5 Å². The van der Waals surface area contributed by atoms with Gasteiger partial charge in [0, 0.05) is 19.5 Å². The van der Waals surface area contributed by atoms with E-state index in [0.29, 0.717) is 13.0 Å². The number of fused-ring (bicyclic) bond motifs is 1. The molecule has 1 aromatic carbocycles. The van der Waals surface area contributed by atoms with Crippen LogP contribution in [0.3, 0.4) is 0 Å². The van der Waals surface area contributed by atoms with Gasteiger partial charge in [0.25, 0.3) is 0 Å². The van der Waals surface area contributed by atoms with Gasteiger partial charge < -0.3 is 24.8 Å². The largest absolute Gasteiger partial charge is 0.469 e. The van der Waals surface area contributed by atoms with Crippen LogP contribution in [-0.4, -0.2) is 38.9 Å². The number of methoxy groups -OCH3 is 1. The summed E-state index contributed by atoms with van der Waals surface area (Å²) in [6.45, 7) is 4.57. The zero-order valence-corrected chi connectivity index (χ0v) is 18.4. The minimum absolute atomic E-state index is 0. The Morgan fingerprint density at radius 2 is 1.93 bits per heavy atom. The molecule has 0 radical (unpaired) electrons. The number of carbonyl (C=O) groups excluding carboxylic acids is 1. The van der Waals surface area contributed by atoms with Crippen LogP contribution < -0.4 is 20.1 Å². The van der Waals surface area contributed by atoms with E-state index in [2.05, 4.69) is 20.4 Å². The van der Waals surface area contributed by atoms with Crippen molar-refractivity contribution in [3.8, 4) is 11.5 Å². The van der Waals surface area contributed by atoms with Crippen molar-refractivity contribution in [3.05, 3.63) is 23.8 Å². The number of rotatable bonds is 10. The lowest BCUT2D eigenvalue weighted by Gasteiger charge is -2.11. The highest BCUT2D eigenvalue weighted by molar-refractivity contribution is 14.0. The molecule has 1 aromatic rings. The van der Waals surface area contributed by atoms with Crippen LogP contribution in [0.4, 0.5) is 0 Å². The van der Waals surface area contributed by atoms with Crippen LogP contribution in [0.25, 0.3) is 0 Å². The first-order valence-electron chi connectivity index (χ1n) is 9.20. The maximum atomic E-state index is 11.0. The maximum Gasteiger partial charge on any atom is 0.305 e. The molecular weight excluding hydrogens is 461 g/mol. The zero-order valence-electron chi connectivity index (χ0n) is 16.1. The van der Waals surface area contributed by atoms with E-state index < -0.39 is 0 Å². The van der Waals surface area contributed by atoms with E-state index in [0.717, 1.165) is 61.8 Å². The Bertz CT molecular complexity index is 611. The Labute approximate surface area is 178 Å². The number of guanidine groups is 1. The van der Waals surface area contributed by atoms with E-state index in [-0.39, 0.29) is 36.7 Å². The van der Waals surface area contributed by atoms with Crippen molar-refractivity contribution in [1.29, 1.82) is 0 Å². The molecule has 1 aliphatic rings. The number of unbranched alkanes of at least 4 members (excludes halogenated alkanes) is 3. The highest BCUT2D eigenvalue weighted by atomic mass is 127. The highest BCUT2D eigenvalue weighted by Gasteiger charge is 2.12. The number of halogens is 1. The Hall–Kier alpha value is -1.71. The number of hydrogen-bond acceptors (Lipinski definition) is 5. The van der Waals surface area contributed by atoms with E-state index >= 15 is 0 Å². The SMILES string of the molecule is CCNC(=NCc1ccc2c(c1)OCO2)NCCCCCCC(=O)OC.I. The van der Waals surface area contributed by atoms with Crippen LogP contribution in [-0.2, 0) is 16.1 Å². The minimum Gasteiger partial charge on any atom is -0.469 e. The lowest BCUT2D eigenvalue weighted by atomic mass is 10.1. The molecule has 2 rings (SSSR count). The molecule has 152 valence electrons. The van der Waals surface area contributed by atoms with Crippen molar-refractivity contribution < 1.29 is 19.0 Å². The Morgan fingerprint density at radius 1 is 1.15 bits per heavy atom. The van der Waals surface area contributed by atoms with Gasteiger partial charge in [0.1, 0.15) is 0 Å². The second-order valence-corrected chi connectivity index (χ2v) is 6.05. The summed E-state index contributed by atoms with van der Waals surface area (Å²) < 4.78 is 15.4. The second-order valence-electron chi connectivity index (χ2n) is 6.05. The molecule has 0 unspecified atom stereocenters. The number of carbonyl (C=O) groups is 1. The van der Waals surface area contributed by atoms with E-state index in [9.17, 15) is 4.79 Å². The minimum atomic E-state index is -0.131. The first-order valence-corrected chi connectivity index (χ1v) is 9.20. The third kappa shape index (κ3) is 8.68. The number of nitrogens with zero attached hydrogens (tertiary/aromatic N) is 1. The van der Waals surface area contributed by atoms with Gasteiger partial charge in [-0.2, -0.15) is 0 Å². The van der Waals surface area contributed by atoms with E-state index in [1.54, 1.807) is 0 Å². The molecule has 2 N–H and O–H groups in total. The topological polar surface area (TPSA) is 81.2 Å². The molecular formula is C19H30IN3O4. The summed E-state index contributed by atoms with van der Waals surface area (Å²) in [5.74, 6) is 2.24. The van der Waals surface area contributed by atoms with Gasteiger partial charge in [-0.3, -0.25) is 4.79 Å². The molecule has 8 heteroatoms. The molecule has 0 spiro atoms. The van der Waals surface area contributed by atoms with Crippen molar-refractivity contribution in [2.75, 3.05) is 27.0 Å². The molecule has 0 bridgehead atoms. The zero-order chi connectivity index (χ0) is 18.6. The van der Waals surface area contributed by atoms with Crippen molar-refractivity contribution in [2.24, 2.45) is 4.99 Å². The average Bonchev–Trinajstić information content (AvgIpc) is 3.12. The molecule has 7 nitrogen and oxygen atoms in total. The van der Waals surface area contributed by atoms with Gasteiger partial charge in [0.15, 0.2) is 17.5 Å². The fourth-order valence-electron chi connectivity index (χ4n) is 2.61. The van der Waals surface area contributed by atoms with Gasteiger partial charge in [-0.15, -0.1) is 24.0 Å². The van der Waals surface area contributed by atoms with Crippen molar-refractivity contribution in [1.82, 2.24) is 10.6 Å². The summed E-state index contributed by atoms with van der Waals surface area (Å²) in [5, 5.41) is 6.60. The van der Waals surface area contributed by atoms with Gasteiger partial charge in [0.2, 0.25) is 6.79 Å². The first-order chi connectivity index (χ1) is 12.7. The summed E-state index contributed by atoms with van der Waals surface area (Å²) in [5.41, 5.74) is 1.08. The number of esters is 1. The Kier molecular flexibility index (Phi) is 11.6. The standard InChI is InChI=1S/C19H29N3O4.HI/c1-3-20-19(21-11-7-5-4-6-8-18(23)24-2)22-13-15-9-10-16-17(12-15)26-14-25-16;/h9-10,12H,3-8,11,13-14H2,1-2H3,(H2,20,21,22);1H. The summed E-state index contributed by atoms with van der Waals surface area (Å²) in [7, 11) is 1.43. The van der Waals surface area contributed by atoms with Crippen LogP contribution in [0.5, 0.6) is 11.5 Å². The van der Waals surface area contributed by atoms with Crippen LogP contribution in [0, 0.1) is 0 Å². The van der Waals surface area contributed by atoms with Crippen molar-refractivity contribution in [3.63, 3.8) is 0 Å². The molecule has 0 aromatic heterocycles. The number of aliphatic imine (C=N–C) groups is 1. The normalized spacial score (nSPS) is 12.3. The number of nitrogens with one attached hydrogen (secondary N) is 2. The average molecular weight is 491 g/mol. The highest BCUT2D eigenvalue weighted by Crippen LogP contribution is 2.32. The molecule has 1 aliphatic heterocycles. The second kappa shape index (κ2) is 13.5. The quantitative estimate of drug-likeness (QED) is 0.172. The Morgan fingerprint density at radius 3 is 2.70 bits per heavy atom. The van der Waals surface area contributed by atoms with Crippen molar-refractivity contribution >= 4 is 35.9 Å². The molecule has 0 amide bonds. The smallest absolute Gasteiger partial charge is 0.305 e. The Balaban J connectivity index is 0.00000364. The van der Waals surface area contributed by atoms with Gasteiger partial charge in [-0.25, -0.2) is 4.99 Å². The fraction of sp³-hybridized carbons (Fsp3) is 0.579. The molecule has 27 heavy (non-hydrogen) atoms. The number of ether oxygens (including phenoxy) is 3. The molecule has 0 atom stereocenters. The van der Waals surface area contributed by atoms with E-state index in [1.165, 1.54) is 7.11 Å². The number of benzene rings is 1. The first kappa shape index (κ1) is 23.3. The van der Waals surface area contributed by atoms with Crippen LogP contribution in [0.1, 0.15) is 44.6 Å². The molecule has 0 saturated carbocycles. The van der Waals surface area contributed by atoms with Gasteiger partial charge in [-0.1, -0.05) is 18.9 Å². The molecule has 0 aliphatic carbocycles. The molecule has 1 heterocycles. The van der Waals surface area contributed by atoms with Crippen LogP contribution in [0.2, 0.25) is 0 Å². The fourth-order valence-corrected chi connectivity index (χ4v) is 2.61. The van der Waals surface area contributed by atoms with E-state index in [1.807, 2.05) is 25.1 Å². The summed E-state index contributed by atoms with van der Waals surface area (Å²) in [4.78, 5) is 15.7. The monoisotopic (exact) mass is 491 g/mol. The van der Waals surface area contributed by atoms with Crippen LogP contribution >= 0.6 is 24.0 Å². The molecule has 0 saturated heterocycles.